The largest absolute Gasteiger partial charge is 0.322 e. The van der Waals surface area contributed by atoms with Crippen LogP contribution >= 0.6 is 11.8 Å². The normalized spacial score (nSPS) is 14.6. The fourth-order valence-electron chi connectivity index (χ4n) is 1.84. The number of nitrogens with one attached hydrogen (secondary N) is 1. The van der Waals surface area contributed by atoms with Gasteiger partial charge in [0.15, 0.2) is 0 Å². The smallest absolute Gasteiger partial charge is 0.221 e. The number of Topliss-reactive ketones (excluding diaryl/α,β-unsaturated/α-hetero) is 2. The zero-order chi connectivity index (χ0) is 13.3. The maximum Gasteiger partial charge on any atom is 0.221 e. The van der Waals surface area contributed by atoms with E-state index in [2.05, 4.69) is 5.32 Å². The van der Waals surface area contributed by atoms with Crippen molar-refractivity contribution >= 4 is 29.2 Å². The summed E-state index contributed by atoms with van der Waals surface area (Å²) in [4.78, 5) is 35.8. The fraction of sp³-hybridized carbons (Fsp3) is 0.154. The topological polar surface area (TPSA) is 63.2 Å². The van der Waals surface area contributed by atoms with Crippen LogP contribution in [-0.4, -0.2) is 23.7 Å². The molecule has 4 nitrogen and oxygen atoms in total. The fourth-order valence-corrected chi connectivity index (χ4v) is 2.48. The molecule has 0 unspecified atom stereocenters. The molecular weight excluding hydrogens is 250 g/mol. The molecule has 0 fully saturated rings. The van der Waals surface area contributed by atoms with Crippen LogP contribution in [0.25, 0.3) is 0 Å². The van der Waals surface area contributed by atoms with Gasteiger partial charge in [-0.1, -0.05) is 24.3 Å². The van der Waals surface area contributed by atoms with E-state index in [9.17, 15) is 14.4 Å². The van der Waals surface area contributed by atoms with Crippen LogP contribution in [0.4, 0.5) is 0 Å². The maximum absolute atomic E-state index is 12.2. The monoisotopic (exact) mass is 261 g/mol. The van der Waals surface area contributed by atoms with Gasteiger partial charge in [0.05, 0.1) is 4.91 Å². The van der Waals surface area contributed by atoms with Crippen LogP contribution < -0.4 is 5.32 Å². The minimum Gasteiger partial charge on any atom is -0.322 e. The number of hydrogen-bond donors (Lipinski definition) is 1. The number of carbonyl (C=O) groups is 3. The number of hydrogen-bond acceptors (Lipinski definition) is 4. The Balaban J connectivity index is 2.61. The highest BCUT2D eigenvalue weighted by Crippen LogP contribution is 2.30. The zero-order valence-corrected chi connectivity index (χ0v) is 10.8. The number of ketones is 2. The second kappa shape index (κ2) is 4.78. The first-order valence-corrected chi connectivity index (χ1v) is 6.53. The lowest BCUT2D eigenvalue weighted by Gasteiger charge is -2.19. The number of amides is 1. The third kappa shape index (κ3) is 1.97. The van der Waals surface area contributed by atoms with Gasteiger partial charge in [0.25, 0.3) is 0 Å². The van der Waals surface area contributed by atoms with E-state index >= 15 is 0 Å². The lowest BCUT2D eigenvalue weighted by atomic mass is 9.92. The zero-order valence-electron chi connectivity index (χ0n) is 9.94. The van der Waals surface area contributed by atoms with E-state index in [0.29, 0.717) is 11.1 Å². The van der Waals surface area contributed by atoms with Crippen molar-refractivity contribution in [2.75, 3.05) is 6.26 Å². The lowest BCUT2D eigenvalue weighted by molar-refractivity contribution is -0.118. The quantitative estimate of drug-likeness (QED) is 0.881. The molecule has 0 spiro atoms. The van der Waals surface area contributed by atoms with Gasteiger partial charge in [0.1, 0.15) is 5.70 Å². The molecule has 0 saturated heterocycles. The number of benzene rings is 1. The van der Waals surface area contributed by atoms with Crippen LogP contribution in [0.2, 0.25) is 0 Å². The second-order valence-corrected chi connectivity index (χ2v) is 4.61. The number of carbonyl (C=O) groups excluding carboxylic acids is 3. The van der Waals surface area contributed by atoms with Crippen molar-refractivity contribution in [1.82, 2.24) is 5.32 Å². The molecule has 0 bridgehead atoms. The summed E-state index contributed by atoms with van der Waals surface area (Å²) in [6.07, 6.45) is 1.70. The van der Waals surface area contributed by atoms with Crippen molar-refractivity contribution in [2.45, 2.75) is 6.92 Å². The van der Waals surface area contributed by atoms with Crippen LogP contribution in [0.15, 0.2) is 34.9 Å². The average molecular weight is 261 g/mol. The minimum atomic E-state index is -0.364. The molecular formula is C13H11NO3S. The molecule has 92 valence electrons. The van der Waals surface area contributed by atoms with Crippen molar-refractivity contribution in [2.24, 2.45) is 0 Å². The first kappa shape index (κ1) is 12.6. The number of thioether (sulfide) groups is 1. The summed E-state index contributed by atoms with van der Waals surface area (Å²) in [5.41, 5.74) is 0.809. The van der Waals surface area contributed by atoms with E-state index in [1.807, 2.05) is 0 Å². The van der Waals surface area contributed by atoms with Crippen LogP contribution in [0.5, 0.6) is 0 Å². The van der Waals surface area contributed by atoms with E-state index in [1.165, 1.54) is 18.7 Å². The predicted octanol–water partition coefficient (Wildman–Crippen LogP) is 1.78. The molecule has 0 heterocycles. The van der Waals surface area contributed by atoms with Gasteiger partial charge in [-0.2, -0.15) is 0 Å². The molecule has 1 aliphatic rings. The Morgan fingerprint density at radius 1 is 1.11 bits per heavy atom. The van der Waals surface area contributed by atoms with E-state index < -0.39 is 0 Å². The molecule has 1 amide bonds. The van der Waals surface area contributed by atoms with Gasteiger partial charge in [-0.15, -0.1) is 11.8 Å². The van der Waals surface area contributed by atoms with Crippen molar-refractivity contribution in [3.63, 3.8) is 0 Å². The van der Waals surface area contributed by atoms with E-state index in [1.54, 1.807) is 30.5 Å². The van der Waals surface area contributed by atoms with Gasteiger partial charge in [-0.3, -0.25) is 14.4 Å². The molecule has 5 heteroatoms. The van der Waals surface area contributed by atoms with Gasteiger partial charge < -0.3 is 5.32 Å². The Kier molecular flexibility index (Phi) is 3.34. The first-order chi connectivity index (χ1) is 8.56. The summed E-state index contributed by atoms with van der Waals surface area (Å²) < 4.78 is 0. The van der Waals surface area contributed by atoms with E-state index in [-0.39, 0.29) is 28.1 Å². The van der Waals surface area contributed by atoms with Crippen molar-refractivity contribution in [3.8, 4) is 0 Å². The lowest BCUT2D eigenvalue weighted by Crippen LogP contribution is -2.32. The molecule has 1 N–H and O–H groups in total. The summed E-state index contributed by atoms with van der Waals surface area (Å²) in [6, 6.07) is 6.62. The van der Waals surface area contributed by atoms with Crippen molar-refractivity contribution in [1.29, 1.82) is 0 Å². The summed E-state index contributed by atoms with van der Waals surface area (Å²) in [7, 11) is 0. The molecule has 0 saturated carbocycles. The summed E-state index contributed by atoms with van der Waals surface area (Å²) in [6.45, 7) is 1.31. The molecule has 1 aromatic carbocycles. The Labute approximate surface area is 108 Å². The van der Waals surface area contributed by atoms with Crippen LogP contribution in [0.1, 0.15) is 27.6 Å². The number of fused-ring (bicyclic) bond motifs is 1. The van der Waals surface area contributed by atoms with E-state index in [4.69, 9.17) is 0 Å². The van der Waals surface area contributed by atoms with Crippen molar-refractivity contribution < 1.29 is 14.4 Å². The van der Waals surface area contributed by atoms with Crippen LogP contribution in [0.3, 0.4) is 0 Å². The second-order valence-electron chi connectivity index (χ2n) is 3.79. The Hall–Kier alpha value is -1.88. The molecule has 0 aromatic heterocycles. The van der Waals surface area contributed by atoms with Gasteiger partial charge in [-0.05, 0) is 6.26 Å². The van der Waals surface area contributed by atoms with Gasteiger partial charge in [0, 0.05) is 18.1 Å². The first-order valence-electron chi connectivity index (χ1n) is 5.30. The highest BCUT2D eigenvalue weighted by atomic mass is 32.2. The third-order valence-electron chi connectivity index (χ3n) is 2.58. The van der Waals surface area contributed by atoms with Crippen LogP contribution in [0, 0.1) is 0 Å². The Bertz CT molecular complexity index is 590. The maximum atomic E-state index is 12.2. The molecule has 0 radical (unpaired) electrons. The molecule has 2 rings (SSSR count). The molecule has 1 aromatic rings. The SMILES string of the molecule is CSC1=C(NC(C)=O)C(=O)c2ccccc2C1=O. The summed E-state index contributed by atoms with van der Waals surface area (Å²) in [5, 5.41) is 2.45. The highest BCUT2D eigenvalue weighted by Gasteiger charge is 2.32. The summed E-state index contributed by atoms with van der Waals surface area (Å²) >= 11 is 1.17. The number of rotatable bonds is 2. The Morgan fingerprint density at radius 2 is 1.67 bits per heavy atom. The molecule has 1 aliphatic carbocycles. The standard InChI is InChI=1S/C13H11NO3S/c1-7(15)14-10-11(16)8-5-3-4-6-9(8)12(17)13(10)18-2/h3-6H,1-2H3,(H,14,15). The highest BCUT2D eigenvalue weighted by molar-refractivity contribution is 8.03. The molecule has 18 heavy (non-hydrogen) atoms. The van der Waals surface area contributed by atoms with Crippen LogP contribution in [-0.2, 0) is 4.79 Å². The predicted molar refractivity (Wildman–Crippen MR) is 69.5 cm³/mol. The third-order valence-corrected chi connectivity index (χ3v) is 3.38. The summed E-state index contributed by atoms with van der Waals surface area (Å²) in [5.74, 6) is -0.900. The van der Waals surface area contributed by atoms with E-state index in [0.717, 1.165) is 0 Å². The average Bonchev–Trinajstić information content (AvgIpc) is 2.36. The minimum absolute atomic E-state index is 0.0821. The van der Waals surface area contributed by atoms with Gasteiger partial charge in [0.2, 0.25) is 17.5 Å². The molecule has 0 aliphatic heterocycles. The Morgan fingerprint density at radius 3 is 2.17 bits per heavy atom. The number of allylic oxidation sites excluding steroid dienone is 2. The molecule has 0 atom stereocenters. The van der Waals surface area contributed by atoms with Crippen molar-refractivity contribution in [3.05, 3.63) is 46.0 Å². The van der Waals surface area contributed by atoms with Gasteiger partial charge in [-0.25, -0.2) is 0 Å². The van der Waals surface area contributed by atoms with Gasteiger partial charge >= 0.3 is 0 Å².